The lowest BCUT2D eigenvalue weighted by atomic mass is 10.1. The molecule has 1 aromatic rings. The van der Waals surface area contributed by atoms with Gasteiger partial charge in [0.2, 0.25) is 10.0 Å². The molecule has 1 aromatic carbocycles. The molecule has 1 heterocycles. The van der Waals surface area contributed by atoms with Gasteiger partial charge in [0, 0.05) is 19.1 Å². The summed E-state index contributed by atoms with van der Waals surface area (Å²) in [4.78, 5) is 11.8. The number of benzene rings is 1. The highest BCUT2D eigenvalue weighted by Gasteiger charge is 2.30. The zero-order chi connectivity index (χ0) is 15.8. The number of carbonyl (C=O) groups is 1. The second-order valence-electron chi connectivity index (χ2n) is 4.80. The highest BCUT2D eigenvalue weighted by Crippen LogP contribution is 2.17. The van der Waals surface area contributed by atoms with Crippen LogP contribution in [-0.4, -0.2) is 44.0 Å². The predicted molar refractivity (Wildman–Crippen MR) is 68.6 cm³/mol. The van der Waals surface area contributed by atoms with Crippen LogP contribution in [0.25, 0.3) is 0 Å². The Morgan fingerprint density at radius 3 is 2.52 bits per heavy atom. The van der Waals surface area contributed by atoms with Crippen molar-refractivity contribution in [3.05, 3.63) is 35.1 Å². The number of nitrogens with one attached hydrogen (secondary N) is 1. The fraction of sp³-hybridized carbons (Fsp3) is 0.417. The second kappa shape index (κ2) is 5.64. The van der Waals surface area contributed by atoms with Crippen LogP contribution in [-0.2, 0) is 10.0 Å². The van der Waals surface area contributed by atoms with Crippen LogP contribution < -0.4 is 5.32 Å². The van der Waals surface area contributed by atoms with Gasteiger partial charge in [-0.05, 0) is 18.6 Å². The molecular formula is C12H13F3N2O3S. The van der Waals surface area contributed by atoms with Gasteiger partial charge < -0.3 is 5.32 Å². The summed E-state index contributed by atoms with van der Waals surface area (Å²) in [5.41, 5.74) is -0.619. The van der Waals surface area contributed by atoms with Gasteiger partial charge in [-0.15, -0.1) is 0 Å². The average Bonchev–Trinajstić information content (AvgIpc) is 2.84. The van der Waals surface area contributed by atoms with Crippen LogP contribution in [0.15, 0.2) is 12.1 Å². The minimum Gasteiger partial charge on any atom is -0.348 e. The van der Waals surface area contributed by atoms with E-state index in [4.69, 9.17) is 0 Å². The Morgan fingerprint density at radius 1 is 1.29 bits per heavy atom. The maximum Gasteiger partial charge on any atom is 0.254 e. The van der Waals surface area contributed by atoms with E-state index < -0.39 is 45.0 Å². The van der Waals surface area contributed by atoms with Gasteiger partial charge in [0.25, 0.3) is 5.91 Å². The van der Waals surface area contributed by atoms with Crippen LogP contribution in [0.3, 0.4) is 0 Å². The van der Waals surface area contributed by atoms with Crippen molar-refractivity contribution in [3.63, 3.8) is 0 Å². The van der Waals surface area contributed by atoms with E-state index in [-0.39, 0.29) is 13.1 Å². The molecule has 1 unspecified atom stereocenters. The SMILES string of the molecule is CS(=O)(=O)N1CCC(NC(=O)c2ccc(F)c(F)c2F)C1. The molecule has 0 saturated carbocycles. The van der Waals surface area contributed by atoms with Crippen molar-refractivity contribution in [3.8, 4) is 0 Å². The molecule has 0 aromatic heterocycles. The van der Waals surface area contributed by atoms with Gasteiger partial charge in [0.1, 0.15) is 0 Å². The van der Waals surface area contributed by atoms with E-state index in [1.54, 1.807) is 0 Å². The summed E-state index contributed by atoms with van der Waals surface area (Å²) in [6.07, 6.45) is 1.41. The van der Waals surface area contributed by atoms with Crippen molar-refractivity contribution in [1.29, 1.82) is 0 Å². The van der Waals surface area contributed by atoms with E-state index in [2.05, 4.69) is 5.32 Å². The van der Waals surface area contributed by atoms with Gasteiger partial charge >= 0.3 is 0 Å². The number of carbonyl (C=O) groups excluding carboxylic acids is 1. The van der Waals surface area contributed by atoms with E-state index in [9.17, 15) is 26.4 Å². The van der Waals surface area contributed by atoms with E-state index in [0.29, 0.717) is 12.5 Å². The average molecular weight is 322 g/mol. The number of rotatable bonds is 3. The number of sulfonamides is 1. The van der Waals surface area contributed by atoms with E-state index in [0.717, 1.165) is 12.3 Å². The number of hydrogen-bond donors (Lipinski definition) is 1. The lowest BCUT2D eigenvalue weighted by Crippen LogP contribution is -2.38. The molecule has 116 valence electrons. The summed E-state index contributed by atoms with van der Waals surface area (Å²) in [5.74, 6) is -5.57. The number of nitrogens with zero attached hydrogens (tertiary/aromatic N) is 1. The lowest BCUT2D eigenvalue weighted by Gasteiger charge is -2.15. The van der Waals surface area contributed by atoms with Gasteiger partial charge in [-0.3, -0.25) is 4.79 Å². The first kappa shape index (κ1) is 15.8. The summed E-state index contributed by atoms with van der Waals surface area (Å²) in [6, 6.07) is 0.997. The highest BCUT2D eigenvalue weighted by atomic mass is 32.2. The third kappa shape index (κ3) is 3.35. The Balaban J connectivity index is 2.08. The number of amides is 1. The molecule has 0 aliphatic carbocycles. The summed E-state index contributed by atoms with van der Waals surface area (Å²) >= 11 is 0. The molecular weight excluding hydrogens is 309 g/mol. The molecule has 1 aliphatic rings. The minimum atomic E-state index is -3.36. The van der Waals surface area contributed by atoms with Crippen molar-refractivity contribution >= 4 is 15.9 Å². The van der Waals surface area contributed by atoms with Gasteiger partial charge in [-0.25, -0.2) is 25.9 Å². The first-order chi connectivity index (χ1) is 9.70. The Morgan fingerprint density at radius 2 is 1.95 bits per heavy atom. The molecule has 0 spiro atoms. The number of halogens is 3. The highest BCUT2D eigenvalue weighted by molar-refractivity contribution is 7.88. The smallest absolute Gasteiger partial charge is 0.254 e. The summed E-state index contributed by atoms with van der Waals surface area (Å²) in [5, 5.41) is 2.41. The molecule has 1 aliphatic heterocycles. The molecule has 1 atom stereocenters. The molecule has 1 amide bonds. The fourth-order valence-electron chi connectivity index (χ4n) is 2.11. The third-order valence-corrected chi connectivity index (χ3v) is 4.50. The standard InChI is InChI=1S/C12H13F3N2O3S/c1-21(19,20)17-5-4-7(6-17)16-12(18)8-2-3-9(13)11(15)10(8)14/h2-3,7H,4-6H2,1H3,(H,16,18). The van der Waals surface area contributed by atoms with Gasteiger partial charge in [-0.1, -0.05) is 0 Å². The largest absolute Gasteiger partial charge is 0.348 e. The summed E-state index contributed by atoms with van der Waals surface area (Å²) in [6.45, 7) is 0.305. The summed E-state index contributed by atoms with van der Waals surface area (Å²) in [7, 11) is -3.36. The van der Waals surface area contributed by atoms with Crippen molar-refractivity contribution < 1.29 is 26.4 Å². The molecule has 0 bridgehead atoms. The third-order valence-electron chi connectivity index (χ3n) is 3.24. The Hall–Kier alpha value is -1.61. The molecule has 1 fully saturated rings. The van der Waals surface area contributed by atoms with Crippen LogP contribution >= 0.6 is 0 Å². The molecule has 5 nitrogen and oxygen atoms in total. The second-order valence-corrected chi connectivity index (χ2v) is 6.79. The van der Waals surface area contributed by atoms with E-state index >= 15 is 0 Å². The topological polar surface area (TPSA) is 66.5 Å². The van der Waals surface area contributed by atoms with Crippen LogP contribution in [0.4, 0.5) is 13.2 Å². The summed E-state index contributed by atoms with van der Waals surface area (Å²) < 4.78 is 63.2. The lowest BCUT2D eigenvalue weighted by molar-refractivity contribution is 0.0933. The molecule has 9 heteroatoms. The van der Waals surface area contributed by atoms with Crippen molar-refractivity contribution in [1.82, 2.24) is 9.62 Å². The van der Waals surface area contributed by atoms with E-state index in [1.165, 1.54) is 4.31 Å². The molecule has 1 N–H and O–H groups in total. The van der Waals surface area contributed by atoms with Crippen LogP contribution in [0.2, 0.25) is 0 Å². The molecule has 21 heavy (non-hydrogen) atoms. The molecule has 2 rings (SSSR count). The molecule has 0 radical (unpaired) electrons. The van der Waals surface area contributed by atoms with Crippen molar-refractivity contribution in [2.75, 3.05) is 19.3 Å². The Kier molecular flexibility index (Phi) is 4.24. The maximum atomic E-state index is 13.5. The van der Waals surface area contributed by atoms with Gasteiger partial charge in [0.15, 0.2) is 17.5 Å². The first-order valence-electron chi connectivity index (χ1n) is 6.09. The van der Waals surface area contributed by atoms with Crippen LogP contribution in [0.5, 0.6) is 0 Å². The quantitative estimate of drug-likeness (QED) is 0.840. The zero-order valence-corrected chi connectivity index (χ0v) is 11.9. The van der Waals surface area contributed by atoms with Crippen LogP contribution in [0, 0.1) is 17.5 Å². The predicted octanol–water partition coefficient (Wildman–Crippen LogP) is 0.868. The first-order valence-corrected chi connectivity index (χ1v) is 7.94. The Labute approximate surface area is 119 Å². The normalized spacial score (nSPS) is 19.7. The maximum absolute atomic E-state index is 13.5. The fourth-order valence-corrected chi connectivity index (χ4v) is 3.00. The van der Waals surface area contributed by atoms with Crippen molar-refractivity contribution in [2.45, 2.75) is 12.5 Å². The molecule has 1 saturated heterocycles. The monoisotopic (exact) mass is 322 g/mol. The minimum absolute atomic E-state index is 0.0653. The van der Waals surface area contributed by atoms with Crippen molar-refractivity contribution in [2.24, 2.45) is 0 Å². The van der Waals surface area contributed by atoms with Gasteiger partial charge in [-0.2, -0.15) is 0 Å². The Bertz CT molecular complexity index is 679. The van der Waals surface area contributed by atoms with Crippen LogP contribution in [0.1, 0.15) is 16.8 Å². The zero-order valence-electron chi connectivity index (χ0n) is 11.1. The number of hydrogen-bond acceptors (Lipinski definition) is 3. The van der Waals surface area contributed by atoms with Gasteiger partial charge in [0.05, 0.1) is 11.8 Å². The van der Waals surface area contributed by atoms with E-state index in [1.807, 2.05) is 0 Å².